The molecule has 0 amide bonds. The van der Waals surface area contributed by atoms with Gasteiger partial charge in [0.2, 0.25) is 0 Å². The molecule has 0 aromatic rings. The molecule has 0 fully saturated rings. The summed E-state index contributed by atoms with van der Waals surface area (Å²) in [6.07, 6.45) is 83.1. The van der Waals surface area contributed by atoms with Crippen LogP contribution in [0.25, 0.3) is 0 Å². The predicted molar refractivity (Wildman–Crippen MR) is 306 cm³/mol. The number of rotatable bonds is 49. The van der Waals surface area contributed by atoms with Gasteiger partial charge >= 0.3 is 17.9 Å². The normalized spacial score (nSPS) is 13.2. The monoisotopic (exact) mass is 979 g/mol. The van der Waals surface area contributed by atoms with E-state index in [0.717, 1.165) is 141 Å². The van der Waals surface area contributed by atoms with E-state index in [0.29, 0.717) is 19.3 Å². The van der Waals surface area contributed by atoms with Crippen LogP contribution in [0.5, 0.6) is 0 Å². The van der Waals surface area contributed by atoms with Crippen molar-refractivity contribution in [2.24, 2.45) is 0 Å². The summed E-state index contributed by atoms with van der Waals surface area (Å²) < 4.78 is 16.6. The third-order valence-corrected chi connectivity index (χ3v) is 11.3. The van der Waals surface area contributed by atoms with Crippen LogP contribution in [0.2, 0.25) is 0 Å². The summed E-state index contributed by atoms with van der Waals surface area (Å²) in [7, 11) is 0. The highest BCUT2D eigenvalue weighted by Gasteiger charge is 2.19. The lowest BCUT2D eigenvalue weighted by molar-refractivity contribution is -0.167. The predicted octanol–water partition coefficient (Wildman–Crippen LogP) is 19.2. The van der Waals surface area contributed by atoms with Crippen LogP contribution >= 0.6 is 0 Å². The Balaban J connectivity index is 4.28. The van der Waals surface area contributed by atoms with Gasteiger partial charge in [-0.15, -0.1) is 0 Å². The lowest BCUT2D eigenvalue weighted by atomic mass is 10.1. The van der Waals surface area contributed by atoms with E-state index in [1.54, 1.807) is 0 Å². The first kappa shape index (κ1) is 66.3. The second-order valence-corrected chi connectivity index (χ2v) is 18.1. The Morgan fingerprint density at radius 2 is 0.563 bits per heavy atom. The summed E-state index contributed by atoms with van der Waals surface area (Å²) in [5.74, 6) is -1.01. The minimum Gasteiger partial charge on any atom is -0.462 e. The Bertz CT molecular complexity index is 1590. The van der Waals surface area contributed by atoms with Crippen LogP contribution < -0.4 is 0 Å². The highest BCUT2D eigenvalue weighted by molar-refractivity contribution is 5.71. The van der Waals surface area contributed by atoms with Crippen molar-refractivity contribution in [2.75, 3.05) is 13.2 Å². The lowest BCUT2D eigenvalue weighted by Gasteiger charge is -2.18. The fraction of sp³-hybridized carbons (Fsp3) is 0.585. The second-order valence-electron chi connectivity index (χ2n) is 18.1. The van der Waals surface area contributed by atoms with Crippen LogP contribution in [-0.2, 0) is 28.6 Å². The zero-order valence-corrected chi connectivity index (χ0v) is 45.4. The van der Waals surface area contributed by atoms with E-state index in [-0.39, 0.29) is 37.5 Å². The molecule has 0 saturated heterocycles. The van der Waals surface area contributed by atoms with Crippen molar-refractivity contribution in [1.29, 1.82) is 0 Å². The molecule has 0 aromatic carbocycles. The van der Waals surface area contributed by atoms with Crippen LogP contribution in [0.1, 0.15) is 226 Å². The summed E-state index contributed by atoms with van der Waals surface area (Å²) in [5.41, 5.74) is 0. The molecule has 0 aliphatic rings. The third kappa shape index (κ3) is 56.1. The maximum atomic E-state index is 12.8. The average Bonchev–Trinajstić information content (AvgIpc) is 3.37. The molecule has 0 radical (unpaired) electrons. The molecule has 0 aliphatic heterocycles. The fourth-order valence-electron chi connectivity index (χ4n) is 7.10. The average molecular weight is 980 g/mol. The fourth-order valence-corrected chi connectivity index (χ4v) is 7.10. The third-order valence-electron chi connectivity index (χ3n) is 11.3. The number of hydrogen-bond acceptors (Lipinski definition) is 6. The number of carbonyl (C=O) groups excluding carboxylic acids is 3. The van der Waals surface area contributed by atoms with Crippen molar-refractivity contribution < 1.29 is 28.6 Å². The van der Waals surface area contributed by atoms with Gasteiger partial charge in [0, 0.05) is 19.3 Å². The molecule has 0 heterocycles. The van der Waals surface area contributed by atoms with Gasteiger partial charge in [0.15, 0.2) is 6.10 Å². The van der Waals surface area contributed by atoms with Gasteiger partial charge in [-0.2, -0.15) is 0 Å². The molecule has 398 valence electrons. The van der Waals surface area contributed by atoms with Crippen LogP contribution in [0.4, 0.5) is 0 Å². The standard InChI is InChI=1S/C65H102O6/c1-4-7-10-13-15-17-19-21-23-25-27-28-29-30-31-32-33-34-35-36-38-39-41-43-45-47-49-52-55-58-64(67)70-61-62(60-69-63(66)57-54-51-12-9-6-3)71-65(68)59-56-53-50-48-46-44-42-40-37-26-24-22-20-18-16-14-11-8-5-2/h7,10,15-18,21-24,27-28,30-31,33-34,36-38,40-41,43,47,49,62H,4-6,8-9,11-14,19-20,25-26,29,32,35,39,42,44-46,48,50-61H2,1-3H3/b10-7-,17-15-,18-16-,23-21-,24-22-,28-27-,31-30-,34-33-,38-36-,40-37-,43-41-,49-47-. The Morgan fingerprint density at radius 1 is 0.296 bits per heavy atom. The van der Waals surface area contributed by atoms with E-state index in [1.807, 2.05) is 0 Å². The van der Waals surface area contributed by atoms with Gasteiger partial charge in [-0.25, -0.2) is 0 Å². The molecule has 0 bridgehead atoms. The zero-order chi connectivity index (χ0) is 51.4. The van der Waals surface area contributed by atoms with Crippen LogP contribution in [-0.4, -0.2) is 37.2 Å². The van der Waals surface area contributed by atoms with E-state index >= 15 is 0 Å². The van der Waals surface area contributed by atoms with Crippen LogP contribution in [0.3, 0.4) is 0 Å². The molecule has 0 rings (SSSR count). The van der Waals surface area contributed by atoms with Crippen molar-refractivity contribution in [3.63, 3.8) is 0 Å². The molecule has 6 nitrogen and oxygen atoms in total. The Labute approximate surface area is 436 Å². The van der Waals surface area contributed by atoms with Gasteiger partial charge in [0.05, 0.1) is 0 Å². The van der Waals surface area contributed by atoms with Crippen molar-refractivity contribution in [2.45, 2.75) is 232 Å². The molecule has 0 spiro atoms. The van der Waals surface area contributed by atoms with Crippen LogP contribution in [0, 0.1) is 0 Å². The van der Waals surface area contributed by atoms with E-state index in [2.05, 4.69) is 167 Å². The van der Waals surface area contributed by atoms with Gasteiger partial charge in [0.1, 0.15) is 13.2 Å². The van der Waals surface area contributed by atoms with Crippen molar-refractivity contribution in [3.8, 4) is 0 Å². The lowest BCUT2D eigenvalue weighted by Crippen LogP contribution is -2.30. The Hall–Kier alpha value is -4.71. The number of esters is 3. The van der Waals surface area contributed by atoms with Gasteiger partial charge in [-0.3, -0.25) is 14.4 Å². The summed E-state index contributed by atoms with van der Waals surface area (Å²) in [6.45, 7) is 6.33. The Kier molecular flexibility index (Phi) is 54.0. The molecule has 1 unspecified atom stereocenters. The topological polar surface area (TPSA) is 78.9 Å². The summed E-state index contributed by atoms with van der Waals surface area (Å²) in [4.78, 5) is 37.8. The van der Waals surface area contributed by atoms with Crippen molar-refractivity contribution >= 4 is 17.9 Å². The highest BCUT2D eigenvalue weighted by Crippen LogP contribution is 2.12. The van der Waals surface area contributed by atoms with Gasteiger partial charge in [0.25, 0.3) is 0 Å². The number of hydrogen-bond donors (Lipinski definition) is 0. The van der Waals surface area contributed by atoms with Crippen molar-refractivity contribution in [3.05, 3.63) is 146 Å². The number of carbonyl (C=O) groups is 3. The zero-order valence-electron chi connectivity index (χ0n) is 45.4. The maximum Gasteiger partial charge on any atom is 0.306 e. The van der Waals surface area contributed by atoms with E-state index < -0.39 is 6.10 Å². The first-order chi connectivity index (χ1) is 35.0. The molecule has 71 heavy (non-hydrogen) atoms. The summed E-state index contributed by atoms with van der Waals surface area (Å²) in [5, 5.41) is 0. The molecule has 1 atom stereocenters. The van der Waals surface area contributed by atoms with Crippen molar-refractivity contribution in [1.82, 2.24) is 0 Å². The summed E-state index contributed by atoms with van der Waals surface area (Å²) in [6, 6.07) is 0. The van der Waals surface area contributed by atoms with Gasteiger partial charge < -0.3 is 14.2 Å². The number of allylic oxidation sites excluding steroid dienone is 24. The minimum atomic E-state index is -0.811. The molecular weight excluding hydrogens is 877 g/mol. The molecule has 0 aromatic heterocycles. The SMILES string of the molecule is CC/C=C\C/C=C\C/C=C\C/C=C\C/C=C\C/C=C\C/C=C\C/C=C\C/C=C\CCCC(=O)OCC(COC(=O)CCCCCCC)OC(=O)CCCCCCCC/C=C\C/C=C\C/C=C\CCCCC. The first-order valence-electron chi connectivity index (χ1n) is 28.3. The molecule has 0 N–H and O–H groups in total. The number of unbranched alkanes of at least 4 members (excludes halogenated alkanes) is 14. The largest absolute Gasteiger partial charge is 0.462 e. The maximum absolute atomic E-state index is 12.8. The molecule has 0 aliphatic carbocycles. The Morgan fingerprint density at radius 3 is 0.944 bits per heavy atom. The van der Waals surface area contributed by atoms with E-state index in [1.165, 1.54) is 38.5 Å². The molecule has 6 heteroatoms. The van der Waals surface area contributed by atoms with Crippen LogP contribution in [0.15, 0.2) is 146 Å². The first-order valence-corrected chi connectivity index (χ1v) is 28.3. The second kappa shape index (κ2) is 57.9. The van der Waals surface area contributed by atoms with E-state index in [4.69, 9.17) is 14.2 Å². The smallest absolute Gasteiger partial charge is 0.306 e. The van der Waals surface area contributed by atoms with Gasteiger partial charge in [-0.1, -0.05) is 231 Å². The molecule has 0 saturated carbocycles. The highest BCUT2D eigenvalue weighted by atomic mass is 16.6. The quantitative estimate of drug-likeness (QED) is 0.0262. The number of ether oxygens (including phenoxy) is 3. The van der Waals surface area contributed by atoms with Gasteiger partial charge in [-0.05, 0) is 122 Å². The minimum absolute atomic E-state index is 0.108. The summed E-state index contributed by atoms with van der Waals surface area (Å²) >= 11 is 0. The molecular formula is C65H102O6. The van der Waals surface area contributed by atoms with E-state index in [9.17, 15) is 14.4 Å².